The summed E-state index contributed by atoms with van der Waals surface area (Å²) in [5.41, 5.74) is 4.48. The molecule has 0 atom stereocenters. The van der Waals surface area contributed by atoms with Gasteiger partial charge in [-0.2, -0.15) is 0 Å². The summed E-state index contributed by atoms with van der Waals surface area (Å²) in [6.07, 6.45) is 0. The normalized spacial score (nSPS) is 10.6. The predicted molar refractivity (Wildman–Crippen MR) is 80.9 cm³/mol. The number of rotatable bonds is 2. The molecule has 19 heavy (non-hydrogen) atoms. The first-order valence-corrected chi connectivity index (χ1v) is 6.42. The quantitative estimate of drug-likeness (QED) is 0.717. The molecule has 0 radical (unpaired) electrons. The monoisotopic (exact) mass is 248 g/mol. The molecule has 0 aliphatic heterocycles. The highest BCUT2D eigenvalue weighted by atomic mass is 15.0. The number of pyridine rings is 1. The smallest absolute Gasteiger partial charge is 0.134 e. The third kappa shape index (κ3) is 2.43. The number of benzene rings is 2. The van der Waals surface area contributed by atoms with Crippen LogP contribution in [0.2, 0.25) is 0 Å². The molecule has 0 bridgehead atoms. The van der Waals surface area contributed by atoms with Crippen molar-refractivity contribution in [3.63, 3.8) is 0 Å². The Morgan fingerprint density at radius 2 is 1.68 bits per heavy atom. The highest BCUT2D eigenvalue weighted by Gasteiger charge is 2.04. The number of nitrogens with one attached hydrogen (secondary N) is 1. The van der Waals surface area contributed by atoms with E-state index in [0.29, 0.717) is 0 Å². The standard InChI is InChI=1S/C17H16N2/c1-12-8-9-14-11-13(2)17(19-16(14)10-12)18-15-6-4-3-5-7-15/h3-11H,1-2H3,(H,18,19). The zero-order valence-electron chi connectivity index (χ0n) is 11.1. The van der Waals surface area contributed by atoms with E-state index in [9.17, 15) is 0 Å². The van der Waals surface area contributed by atoms with Gasteiger partial charge in [0, 0.05) is 11.1 Å². The number of fused-ring (bicyclic) bond motifs is 1. The number of hydrogen-bond acceptors (Lipinski definition) is 2. The van der Waals surface area contributed by atoms with Crippen molar-refractivity contribution in [1.82, 2.24) is 4.98 Å². The molecule has 1 heterocycles. The number of nitrogens with zero attached hydrogens (tertiary/aromatic N) is 1. The van der Waals surface area contributed by atoms with Crippen molar-refractivity contribution in [3.8, 4) is 0 Å². The Hall–Kier alpha value is -2.35. The molecule has 2 nitrogen and oxygen atoms in total. The van der Waals surface area contributed by atoms with E-state index in [4.69, 9.17) is 4.98 Å². The van der Waals surface area contributed by atoms with Gasteiger partial charge in [0.1, 0.15) is 5.82 Å². The second-order valence-corrected chi connectivity index (χ2v) is 4.84. The molecule has 0 saturated heterocycles. The second kappa shape index (κ2) is 4.73. The van der Waals surface area contributed by atoms with Crippen LogP contribution >= 0.6 is 0 Å². The maximum absolute atomic E-state index is 4.72. The molecule has 3 aromatic rings. The molecule has 0 saturated carbocycles. The van der Waals surface area contributed by atoms with Crippen molar-refractivity contribution in [2.24, 2.45) is 0 Å². The van der Waals surface area contributed by atoms with Crippen LogP contribution in [-0.2, 0) is 0 Å². The molecule has 1 N–H and O–H groups in total. The van der Waals surface area contributed by atoms with Gasteiger partial charge in [-0.05, 0) is 49.2 Å². The second-order valence-electron chi connectivity index (χ2n) is 4.84. The van der Waals surface area contributed by atoms with Crippen LogP contribution in [-0.4, -0.2) is 4.98 Å². The summed E-state index contributed by atoms with van der Waals surface area (Å²) in [6.45, 7) is 4.17. The van der Waals surface area contributed by atoms with Crippen molar-refractivity contribution >= 4 is 22.4 Å². The van der Waals surface area contributed by atoms with Gasteiger partial charge in [0.2, 0.25) is 0 Å². The van der Waals surface area contributed by atoms with Crippen molar-refractivity contribution < 1.29 is 0 Å². The topological polar surface area (TPSA) is 24.9 Å². The fourth-order valence-corrected chi connectivity index (χ4v) is 2.17. The van der Waals surface area contributed by atoms with Gasteiger partial charge in [0.05, 0.1) is 5.52 Å². The van der Waals surface area contributed by atoms with E-state index < -0.39 is 0 Å². The summed E-state index contributed by atoms with van der Waals surface area (Å²) < 4.78 is 0. The minimum atomic E-state index is 0.921. The van der Waals surface area contributed by atoms with Crippen LogP contribution in [0.25, 0.3) is 10.9 Å². The maximum atomic E-state index is 4.72. The average Bonchev–Trinajstić information content (AvgIpc) is 2.41. The number of aromatic nitrogens is 1. The first-order valence-electron chi connectivity index (χ1n) is 6.42. The van der Waals surface area contributed by atoms with Crippen LogP contribution in [0.15, 0.2) is 54.6 Å². The Labute approximate surface area is 113 Å². The molecule has 94 valence electrons. The number of anilines is 2. The van der Waals surface area contributed by atoms with E-state index in [2.05, 4.69) is 43.4 Å². The zero-order valence-corrected chi connectivity index (χ0v) is 11.1. The Bertz CT molecular complexity index is 718. The van der Waals surface area contributed by atoms with Crippen LogP contribution in [0.5, 0.6) is 0 Å². The molecule has 2 aromatic carbocycles. The third-order valence-electron chi connectivity index (χ3n) is 3.20. The Balaban J connectivity index is 2.06. The lowest BCUT2D eigenvalue weighted by Gasteiger charge is -2.10. The molecule has 0 spiro atoms. The lowest BCUT2D eigenvalue weighted by molar-refractivity contribution is 1.30. The number of aryl methyl sites for hydroxylation is 2. The van der Waals surface area contributed by atoms with Crippen LogP contribution in [0.4, 0.5) is 11.5 Å². The average molecular weight is 248 g/mol. The number of para-hydroxylation sites is 1. The number of hydrogen-bond donors (Lipinski definition) is 1. The predicted octanol–water partition coefficient (Wildman–Crippen LogP) is 4.60. The van der Waals surface area contributed by atoms with E-state index in [1.165, 1.54) is 10.9 Å². The summed E-state index contributed by atoms with van der Waals surface area (Å²) in [7, 11) is 0. The molecule has 3 rings (SSSR count). The van der Waals surface area contributed by atoms with Gasteiger partial charge in [-0.25, -0.2) is 4.98 Å². The molecule has 0 fully saturated rings. The van der Waals surface area contributed by atoms with Gasteiger partial charge in [0.25, 0.3) is 0 Å². The van der Waals surface area contributed by atoms with Crippen molar-refractivity contribution in [2.45, 2.75) is 13.8 Å². The van der Waals surface area contributed by atoms with Gasteiger partial charge in [-0.15, -0.1) is 0 Å². The van der Waals surface area contributed by atoms with Crippen LogP contribution in [0.1, 0.15) is 11.1 Å². The van der Waals surface area contributed by atoms with Crippen LogP contribution < -0.4 is 5.32 Å². The lowest BCUT2D eigenvalue weighted by atomic mass is 10.1. The van der Waals surface area contributed by atoms with Gasteiger partial charge in [-0.1, -0.05) is 30.3 Å². The van der Waals surface area contributed by atoms with Crippen molar-refractivity contribution in [1.29, 1.82) is 0 Å². The molecule has 0 unspecified atom stereocenters. The highest BCUT2D eigenvalue weighted by Crippen LogP contribution is 2.23. The Kier molecular flexibility index (Phi) is 2.92. The SMILES string of the molecule is Cc1ccc2cc(C)c(Nc3ccccc3)nc2c1. The molecule has 1 aromatic heterocycles. The van der Waals surface area contributed by atoms with E-state index in [0.717, 1.165) is 22.6 Å². The first-order chi connectivity index (χ1) is 9.22. The molecule has 0 aliphatic rings. The maximum Gasteiger partial charge on any atom is 0.134 e. The molecular formula is C17H16N2. The molecule has 0 amide bonds. The molecule has 0 aliphatic carbocycles. The van der Waals surface area contributed by atoms with E-state index in [1.807, 2.05) is 30.3 Å². The zero-order chi connectivity index (χ0) is 13.2. The first kappa shape index (κ1) is 11.7. The minimum absolute atomic E-state index is 0.921. The summed E-state index contributed by atoms with van der Waals surface area (Å²) in [5.74, 6) is 0.921. The minimum Gasteiger partial charge on any atom is -0.340 e. The fourth-order valence-electron chi connectivity index (χ4n) is 2.17. The van der Waals surface area contributed by atoms with Gasteiger partial charge >= 0.3 is 0 Å². The van der Waals surface area contributed by atoms with E-state index >= 15 is 0 Å². The molecular weight excluding hydrogens is 232 g/mol. The van der Waals surface area contributed by atoms with E-state index in [-0.39, 0.29) is 0 Å². The summed E-state index contributed by atoms with van der Waals surface area (Å²) in [4.78, 5) is 4.72. The van der Waals surface area contributed by atoms with Crippen LogP contribution in [0, 0.1) is 13.8 Å². The summed E-state index contributed by atoms with van der Waals surface area (Å²) in [6, 6.07) is 18.7. The Morgan fingerprint density at radius 3 is 2.47 bits per heavy atom. The van der Waals surface area contributed by atoms with Crippen molar-refractivity contribution in [2.75, 3.05) is 5.32 Å². The van der Waals surface area contributed by atoms with Crippen molar-refractivity contribution in [3.05, 3.63) is 65.7 Å². The largest absolute Gasteiger partial charge is 0.340 e. The fraction of sp³-hybridized carbons (Fsp3) is 0.118. The summed E-state index contributed by atoms with van der Waals surface area (Å²) in [5, 5.41) is 4.55. The van der Waals surface area contributed by atoms with E-state index in [1.54, 1.807) is 0 Å². The highest BCUT2D eigenvalue weighted by molar-refractivity contribution is 5.83. The third-order valence-corrected chi connectivity index (χ3v) is 3.20. The van der Waals surface area contributed by atoms with Gasteiger partial charge in [0.15, 0.2) is 0 Å². The summed E-state index contributed by atoms with van der Waals surface area (Å²) >= 11 is 0. The Morgan fingerprint density at radius 1 is 0.895 bits per heavy atom. The van der Waals surface area contributed by atoms with Gasteiger partial charge in [-0.3, -0.25) is 0 Å². The van der Waals surface area contributed by atoms with Crippen LogP contribution in [0.3, 0.4) is 0 Å². The lowest BCUT2D eigenvalue weighted by Crippen LogP contribution is -1.97. The molecule has 2 heteroatoms. The van der Waals surface area contributed by atoms with Gasteiger partial charge < -0.3 is 5.32 Å².